The Morgan fingerprint density at radius 2 is 1.90 bits per heavy atom. The highest BCUT2D eigenvalue weighted by Crippen LogP contribution is 2.23. The molecule has 0 aliphatic rings. The number of hydrazine groups is 1. The Morgan fingerprint density at radius 3 is 2.43 bits per heavy atom. The van der Waals surface area contributed by atoms with E-state index in [1.54, 1.807) is 6.07 Å². The molecule has 2 aromatic rings. The van der Waals surface area contributed by atoms with E-state index in [1.807, 2.05) is 32.0 Å². The van der Waals surface area contributed by atoms with Crippen LogP contribution in [-0.2, 0) is 6.42 Å². The van der Waals surface area contributed by atoms with Crippen LogP contribution in [0.15, 0.2) is 30.3 Å². The zero-order valence-corrected chi connectivity index (χ0v) is 12.5. The molecule has 0 saturated carbocycles. The van der Waals surface area contributed by atoms with Crippen LogP contribution in [-0.4, -0.2) is 12.1 Å². The SMILES string of the molecule is COc1ccc(CC(NN)c2cc(C)nc(C)c2)cc1F. The maximum absolute atomic E-state index is 13.7. The molecule has 1 unspecified atom stereocenters. The Morgan fingerprint density at radius 1 is 1.24 bits per heavy atom. The lowest BCUT2D eigenvalue weighted by molar-refractivity contribution is 0.386. The fraction of sp³-hybridized carbons (Fsp3) is 0.312. The van der Waals surface area contributed by atoms with Crippen LogP contribution < -0.4 is 16.0 Å². The molecule has 2 rings (SSSR count). The molecule has 0 aliphatic carbocycles. The zero-order valence-electron chi connectivity index (χ0n) is 12.5. The predicted octanol–water partition coefficient (Wildman–Crippen LogP) is 2.59. The summed E-state index contributed by atoms with van der Waals surface area (Å²) < 4.78 is 18.7. The highest BCUT2D eigenvalue weighted by atomic mass is 19.1. The first kappa shape index (κ1) is 15.4. The minimum Gasteiger partial charge on any atom is -0.494 e. The lowest BCUT2D eigenvalue weighted by atomic mass is 9.98. The van der Waals surface area contributed by atoms with Gasteiger partial charge in [0.05, 0.1) is 13.2 Å². The van der Waals surface area contributed by atoms with Gasteiger partial charge in [0.1, 0.15) is 0 Å². The maximum Gasteiger partial charge on any atom is 0.165 e. The minimum atomic E-state index is -0.368. The zero-order chi connectivity index (χ0) is 15.4. The number of halogens is 1. The molecule has 1 aromatic carbocycles. The lowest BCUT2D eigenvalue weighted by Crippen LogP contribution is -2.29. The van der Waals surface area contributed by atoms with Crippen molar-refractivity contribution in [2.75, 3.05) is 7.11 Å². The Bertz CT molecular complexity index is 611. The van der Waals surface area contributed by atoms with Crippen molar-refractivity contribution in [3.05, 3.63) is 58.7 Å². The number of nitrogens with zero attached hydrogens (tertiary/aromatic N) is 1. The Labute approximate surface area is 124 Å². The van der Waals surface area contributed by atoms with Gasteiger partial charge in [0.25, 0.3) is 0 Å². The van der Waals surface area contributed by atoms with Crippen molar-refractivity contribution in [3.63, 3.8) is 0 Å². The van der Waals surface area contributed by atoms with Crippen molar-refractivity contribution in [1.29, 1.82) is 0 Å². The van der Waals surface area contributed by atoms with Crippen LogP contribution in [0.1, 0.15) is 28.6 Å². The summed E-state index contributed by atoms with van der Waals surface area (Å²) in [6.45, 7) is 3.88. The lowest BCUT2D eigenvalue weighted by Gasteiger charge is -2.18. The number of hydrogen-bond acceptors (Lipinski definition) is 4. The van der Waals surface area contributed by atoms with Crippen LogP contribution in [0.4, 0.5) is 4.39 Å². The number of ether oxygens (including phenoxy) is 1. The summed E-state index contributed by atoms with van der Waals surface area (Å²) >= 11 is 0. The molecule has 0 spiro atoms. The molecule has 4 nitrogen and oxygen atoms in total. The van der Waals surface area contributed by atoms with E-state index in [0.717, 1.165) is 22.5 Å². The van der Waals surface area contributed by atoms with Gasteiger partial charge in [0.2, 0.25) is 0 Å². The van der Waals surface area contributed by atoms with E-state index >= 15 is 0 Å². The summed E-state index contributed by atoms with van der Waals surface area (Å²) in [5.41, 5.74) is 6.55. The minimum absolute atomic E-state index is 0.0989. The Hall–Kier alpha value is -1.98. The first-order valence-electron chi connectivity index (χ1n) is 6.77. The molecule has 1 atom stereocenters. The summed E-state index contributed by atoms with van der Waals surface area (Å²) in [6.07, 6.45) is 0.584. The van der Waals surface area contributed by atoms with Gasteiger partial charge < -0.3 is 4.74 Å². The second-order valence-electron chi connectivity index (χ2n) is 5.08. The van der Waals surface area contributed by atoms with E-state index in [4.69, 9.17) is 10.6 Å². The molecule has 1 heterocycles. The number of aryl methyl sites for hydroxylation is 2. The standard InChI is InChI=1S/C16H20FN3O/c1-10-6-13(7-11(2)19-10)15(20-18)9-12-4-5-16(21-3)14(17)8-12/h4-8,15,20H,9,18H2,1-3H3. The largest absolute Gasteiger partial charge is 0.494 e. The third-order valence-electron chi connectivity index (χ3n) is 3.36. The topological polar surface area (TPSA) is 60.2 Å². The molecule has 0 fully saturated rings. The van der Waals surface area contributed by atoms with E-state index < -0.39 is 0 Å². The molecule has 0 amide bonds. The molecule has 0 bridgehead atoms. The molecule has 112 valence electrons. The molecule has 0 aliphatic heterocycles. The van der Waals surface area contributed by atoms with Crippen molar-refractivity contribution in [3.8, 4) is 5.75 Å². The average Bonchev–Trinajstić information content (AvgIpc) is 2.43. The summed E-state index contributed by atoms with van der Waals surface area (Å²) in [5, 5.41) is 0. The van der Waals surface area contributed by atoms with Gasteiger partial charge in [-0.2, -0.15) is 0 Å². The summed E-state index contributed by atoms with van der Waals surface area (Å²) in [6, 6.07) is 8.81. The van der Waals surface area contributed by atoms with E-state index in [-0.39, 0.29) is 17.6 Å². The van der Waals surface area contributed by atoms with Crippen LogP contribution in [0.2, 0.25) is 0 Å². The molecule has 0 radical (unpaired) electrons. The highest BCUT2D eigenvalue weighted by molar-refractivity contribution is 5.31. The number of benzene rings is 1. The van der Waals surface area contributed by atoms with E-state index in [1.165, 1.54) is 13.2 Å². The predicted molar refractivity (Wildman–Crippen MR) is 80.4 cm³/mol. The number of pyridine rings is 1. The monoisotopic (exact) mass is 289 g/mol. The fourth-order valence-corrected chi connectivity index (χ4v) is 2.41. The number of rotatable bonds is 5. The van der Waals surface area contributed by atoms with E-state index in [0.29, 0.717) is 6.42 Å². The molecule has 1 aromatic heterocycles. The second kappa shape index (κ2) is 6.65. The maximum atomic E-state index is 13.7. The second-order valence-corrected chi connectivity index (χ2v) is 5.08. The number of hydrogen-bond donors (Lipinski definition) is 2. The number of methoxy groups -OCH3 is 1. The first-order valence-corrected chi connectivity index (χ1v) is 6.77. The van der Waals surface area contributed by atoms with Gasteiger partial charge in [-0.1, -0.05) is 6.07 Å². The van der Waals surface area contributed by atoms with Crippen molar-refractivity contribution in [2.24, 2.45) is 5.84 Å². The summed E-state index contributed by atoms with van der Waals surface area (Å²) in [7, 11) is 1.45. The molecular weight excluding hydrogens is 269 g/mol. The van der Waals surface area contributed by atoms with Crippen molar-refractivity contribution in [1.82, 2.24) is 10.4 Å². The highest BCUT2D eigenvalue weighted by Gasteiger charge is 2.13. The molecule has 3 N–H and O–H groups in total. The molecule has 21 heavy (non-hydrogen) atoms. The van der Waals surface area contributed by atoms with Gasteiger partial charge in [-0.3, -0.25) is 16.3 Å². The van der Waals surface area contributed by atoms with Crippen molar-refractivity contribution < 1.29 is 9.13 Å². The van der Waals surface area contributed by atoms with Gasteiger partial charge in [0.15, 0.2) is 11.6 Å². The molecule has 5 heteroatoms. The summed E-state index contributed by atoms with van der Waals surface area (Å²) in [4.78, 5) is 4.35. The third kappa shape index (κ3) is 3.77. The van der Waals surface area contributed by atoms with Crippen molar-refractivity contribution >= 4 is 0 Å². The first-order chi connectivity index (χ1) is 10.0. The van der Waals surface area contributed by atoms with Crippen LogP contribution in [0.3, 0.4) is 0 Å². The smallest absolute Gasteiger partial charge is 0.165 e. The van der Waals surface area contributed by atoms with E-state index in [9.17, 15) is 4.39 Å². The Kier molecular flexibility index (Phi) is 4.88. The third-order valence-corrected chi connectivity index (χ3v) is 3.36. The van der Waals surface area contributed by atoms with Gasteiger partial charge >= 0.3 is 0 Å². The van der Waals surface area contributed by atoms with Crippen LogP contribution in [0.5, 0.6) is 5.75 Å². The van der Waals surface area contributed by atoms with Gasteiger partial charge in [-0.05, 0) is 55.7 Å². The fourth-order valence-electron chi connectivity index (χ4n) is 2.41. The average molecular weight is 289 g/mol. The number of nitrogens with one attached hydrogen (secondary N) is 1. The van der Waals surface area contributed by atoms with Gasteiger partial charge in [-0.25, -0.2) is 4.39 Å². The normalized spacial score (nSPS) is 12.2. The number of nitrogens with two attached hydrogens (primary N) is 1. The number of aromatic nitrogens is 1. The van der Waals surface area contributed by atoms with Gasteiger partial charge in [0, 0.05) is 11.4 Å². The molecule has 0 saturated heterocycles. The van der Waals surface area contributed by atoms with Crippen LogP contribution in [0, 0.1) is 19.7 Å². The molecular formula is C16H20FN3O. The van der Waals surface area contributed by atoms with Crippen molar-refractivity contribution in [2.45, 2.75) is 26.3 Å². The quantitative estimate of drug-likeness (QED) is 0.656. The summed E-state index contributed by atoms with van der Waals surface area (Å²) in [5.74, 6) is 5.53. The van der Waals surface area contributed by atoms with Gasteiger partial charge in [-0.15, -0.1) is 0 Å². The Balaban J connectivity index is 2.24. The van der Waals surface area contributed by atoms with Crippen LogP contribution in [0.25, 0.3) is 0 Å². The van der Waals surface area contributed by atoms with Crippen LogP contribution >= 0.6 is 0 Å². The van der Waals surface area contributed by atoms with E-state index in [2.05, 4.69) is 10.4 Å².